The molecule has 0 spiro atoms. The van der Waals surface area contributed by atoms with E-state index in [4.69, 9.17) is 13.3 Å². The minimum Gasteiger partial charge on any atom is -0.468 e. The zero-order chi connectivity index (χ0) is 44.7. The molecule has 2 aliphatic heterocycles. The Kier molecular flexibility index (Phi) is 8.57. The van der Waals surface area contributed by atoms with Crippen LogP contribution in [0, 0.1) is 20.8 Å². The lowest BCUT2D eigenvalue weighted by Gasteiger charge is -2.43. The summed E-state index contributed by atoms with van der Waals surface area (Å²) in [7, 11) is 0. The summed E-state index contributed by atoms with van der Waals surface area (Å²) in [6.45, 7) is 20.4. The normalized spacial score (nSPS) is 14.3. The molecule has 12 rings (SSSR count). The van der Waals surface area contributed by atoms with Gasteiger partial charge in [-0.25, -0.2) is 0 Å². The number of para-hydroxylation sites is 1. The van der Waals surface area contributed by atoms with Crippen LogP contribution in [0.2, 0.25) is 0 Å². The number of fused-ring (bicyclic) bond motifs is 8. The number of rotatable bonds is 4. The fourth-order valence-corrected chi connectivity index (χ4v) is 11.0. The van der Waals surface area contributed by atoms with Gasteiger partial charge in [0.05, 0.1) is 18.2 Å². The van der Waals surface area contributed by atoms with E-state index >= 15 is 0 Å². The molecule has 65 heavy (non-hydrogen) atoms. The first-order valence-electron chi connectivity index (χ1n) is 23.1. The fraction of sp³-hybridized carbons (Fsp3) is 0.220. The third-order valence-corrected chi connectivity index (χ3v) is 14.2. The molecule has 5 nitrogen and oxygen atoms in total. The summed E-state index contributed by atoms with van der Waals surface area (Å²) in [6, 6.07) is 40.8. The molecule has 0 amide bonds. The highest BCUT2D eigenvalue weighted by atomic mass is 16.4. The van der Waals surface area contributed by atoms with Crippen LogP contribution in [0.15, 0.2) is 141 Å². The molecule has 320 valence electrons. The van der Waals surface area contributed by atoms with Gasteiger partial charge in [-0.05, 0) is 136 Å². The molecular formula is C59H53BN2O3. The van der Waals surface area contributed by atoms with Crippen molar-refractivity contribution in [1.29, 1.82) is 0 Å². The van der Waals surface area contributed by atoms with Crippen LogP contribution >= 0.6 is 0 Å². The number of hydrogen-bond donors (Lipinski definition) is 0. The van der Waals surface area contributed by atoms with E-state index in [9.17, 15) is 0 Å². The second-order valence-corrected chi connectivity index (χ2v) is 20.7. The monoisotopic (exact) mass is 848 g/mol. The highest BCUT2D eigenvalue weighted by Crippen LogP contribution is 2.50. The predicted molar refractivity (Wildman–Crippen MR) is 272 cm³/mol. The third kappa shape index (κ3) is 6.06. The van der Waals surface area contributed by atoms with Crippen molar-refractivity contribution in [1.82, 2.24) is 0 Å². The topological polar surface area (TPSA) is 45.9 Å². The molecule has 1 aliphatic carbocycles. The first-order chi connectivity index (χ1) is 31.2. The van der Waals surface area contributed by atoms with Gasteiger partial charge in [-0.15, -0.1) is 0 Å². The second kappa shape index (κ2) is 14.0. The first kappa shape index (κ1) is 39.7. The van der Waals surface area contributed by atoms with Gasteiger partial charge in [0.25, 0.3) is 6.71 Å². The largest absolute Gasteiger partial charge is 0.468 e. The Balaban J connectivity index is 1.17. The third-order valence-electron chi connectivity index (χ3n) is 14.2. The van der Waals surface area contributed by atoms with Crippen LogP contribution in [-0.2, 0) is 17.3 Å². The van der Waals surface area contributed by atoms with Gasteiger partial charge in [0.15, 0.2) is 0 Å². The average Bonchev–Trinajstić information content (AvgIpc) is 4.01. The maximum absolute atomic E-state index is 7.27. The highest BCUT2D eigenvalue weighted by Gasteiger charge is 2.47. The van der Waals surface area contributed by atoms with Crippen molar-refractivity contribution >= 4 is 85.4 Å². The molecule has 3 aromatic heterocycles. The quantitative estimate of drug-likeness (QED) is 0.165. The number of anilines is 6. The van der Waals surface area contributed by atoms with Crippen LogP contribution in [0.4, 0.5) is 34.3 Å². The van der Waals surface area contributed by atoms with Gasteiger partial charge in [-0.3, -0.25) is 4.90 Å². The lowest BCUT2D eigenvalue weighted by atomic mass is 9.33. The van der Waals surface area contributed by atoms with Gasteiger partial charge in [0.2, 0.25) is 5.88 Å². The molecule has 9 aromatic rings. The molecule has 0 saturated heterocycles. The molecule has 6 heteroatoms. The van der Waals surface area contributed by atoms with Crippen LogP contribution in [0.3, 0.4) is 0 Å². The molecule has 0 fully saturated rings. The van der Waals surface area contributed by atoms with Gasteiger partial charge in [0.1, 0.15) is 16.9 Å². The SMILES string of the molecule is Cc1cc2c3c(c1)N(c1c(C)cc(C(C)(C)C)cc1C)c1oc4ccc(C(C)(C)C)cc4c1B3c1ccc(-c3coc4c3C=CCC4)cc1N2c1cccc(-c2coc3ccccc23)c1. The number of aryl methyl sites for hydroxylation is 4. The van der Waals surface area contributed by atoms with Gasteiger partial charge < -0.3 is 18.2 Å². The van der Waals surface area contributed by atoms with Crippen LogP contribution in [0.5, 0.6) is 0 Å². The molecule has 0 saturated carbocycles. The highest BCUT2D eigenvalue weighted by molar-refractivity contribution is 7.01. The lowest BCUT2D eigenvalue weighted by molar-refractivity contribution is 0.508. The molecule has 5 heterocycles. The lowest BCUT2D eigenvalue weighted by Crippen LogP contribution is -2.61. The van der Waals surface area contributed by atoms with Gasteiger partial charge in [0, 0.05) is 62.1 Å². The average molecular weight is 849 g/mol. The van der Waals surface area contributed by atoms with Gasteiger partial charge >= 0.3 is 0 Å². The first-order valence-corrected chi connectivity index (χ1v) is 23.1. The van der Waals surface area contributed by atoms with Gasteiger partial charge in [-0.1, -0.05) is 114 Å². The van der Waals surface area contributed by atoms with E-state index in [1.54, 1.807) is 0 Å². The Morgan fingerprint density at radius 1 is 0.585 bits per heavy atom. The van der Waals surface area contributed by atoms with Crippen molar-refractivity contribution in [3.8, 4) is 22.3 Å². The van der Waals surface area contributed by atoms with Crippen molar-refractivity contribution in [3.63, 3.8) is 0 Å². The molecule has 0 atom stereocenters. The second-order valence-electron chi connectivity index (χ2n) is 20.7. The molecular weight excluding hydrogens is 795 g/mol. The number of furan rings is 3. The van der Waals surface area contributed by atoms with E-state index < -0.39 is 0 Å². The summed E-state index contributed by atoms with van der Waals surface area (Å²) in [5.74, 6) is 1.95. The van der Waals surface area contributed by atoms with Crippen LogP contribution < -0.4 is 26.2 Å². The van der Waals surface area contributed by atoms with Crippen LogP contribution in [0.1, 0.15) is 87.1 Å². The Bertz CT molecular complexity index is 3450. The van der Waals surface area contributed by atoms with Crippen molar-refractivity contribution in [2.24, 2.45) is 0 Å². The van der Waals surface area contributed by atoms with E-state index in [0.717, 1.165) is 91.4 Å². The van der Waals surface area contributed by atoms with Crippen molar-refractivity contribution in [2.75, 3.05) is 9.80 Å². The maximum Gasteiger partial charge on any atom is 0.257 e. The minimum absolute atomic E-state index is 0.00379. The molecule has 0 bridgehead atoms. The summed E-state index contributed by atoms with van der Waals surface area (Å²) >= 11 is 0. The molecule has 0 unspecified atom stereocenters. The van der Waals surface area contributed by atoms with Gasteiger partial charge in [-0.2, -0.15) is 0 Å². The van der Waals surface area contributed by atoms with Crippen molar-refractivity contribution in [3.05, 3.63) is 167 Å². The van der Waals surface area contributed by atoms with E-state index in [0.29, 0.717) is 0 Å². The maximum atomic E-state index is 7.27. The zero-order valence-electron chi connectivity index (χ0n) is 38.8. The Morgan fingerprint density at radius 3 is 2.11 bits per heavy atom. The zero-order valence-corrected chi connectivity index (χ0v) is 38.8. The summed E-state index contributed by atoms with van der Waals surface area (Å²) in [5, 5.41) is 2.26. The van der Waals surface area contributed by atoms with E-state index in [1.807, 2.05) is 24.7 Å². The number of nitrogens with zero attached hydrogens (tertiary/aromatic N) is 2. The summed E-state index contributed by atoms with van der Waals surface area (Å²) < 4.78 is 19.6. The molecule has 6 aromatic carbocycles. The minimum atomic E-state index is -0.114. The van der Waals surface area contributed by atoms with Crippen LogP contribution in [0.25, 0.3) is 50.3 Å². The summed E-state index contributed by atoms with van der Waals surface area (Å²) in [5.41, 5.74) is 23.0. The number of benzene rings is 6. The van der Waals surface area contributed by atoms with E-state index in [1.165, 1.54) is 55.5 Å². The fourth-order valence-electron chi connectivity index (χ4n) is 11.0. The molecule has 3 aliphatic rings. The van der Waals surface area contributed by atoms with E-state index in [-0.39, 0.29) is 17.5 Å². The van der Waals surface area contributed by atoms with E-state index in [2.05, 4.69) is 181 Å². The Morgan fingerprint density at radius 2 is 1.32 bits per heavy atom. The smallest absolute Gasteiger partial charge is 0.257 e. The predicted octanol–water partition coefficient (Wildman–Crippen LogP) is 14.7. The molecule has 0 radical (unpaired) electrons. The summed E-state index contributed by atoms with van der Waals surface area (Å²) in [6.07, 6.45) is 10.3. The standard InChI is InChI=1S/C59H53BN2O3/c1-34-25-49-55-50(26-34)62(56-35(2)27-40(28-36(56)3)59(7,8)9)57-54(44-31-39(58(4,5)6)22-24-53(44)65-57)60(55)47-23-21-38(46-33-64-52-20-13-11-18-43(46)52)30-48(47)61(49)41-16-14-15-37(29-41)45-32-63-51-19-12-10-17-42(45)51/h10-12,14-19,21-33H,13,20H2,1-9H3. The number of allylic oxidation sites excluding steroid dienone is 1. The number of hydrogen-bond acceptors (Lipinski definition) is 5. The Labute approximate surface area is 382 Å². The van der Waals surface area contributed by atoms with Crippen LogP contribution in [-0.4, -0.2) is 6.71 Å². The van der Waals surface area contributed by atoms with Crippen molar-refractivity contribution < 1.29 is 13.3 Å². The van der Waals surface area contributed by atoms with Crippen molar-refractivity contribution in [2.45, 2.75) is 86.0 Å². The summed E-state index contributed by atoms with van der Waals surface area (Å²) in [4.78, 5) is 4.98. The molecule has 0 N–H and O–H groups in total. The Hall–Kier alpha value is -6.92.